The first-order chi connectivity index (χ1) is 10.5. The minimum atomic E-state index is -0.276. The van der Waals surface area contributed by atoms with Gasteiger partial charge in [-0.25, -0.2) is 0 Å². The minimum Gasteiger partial charge on any atom is -0.347 e. The maximum absolute atomic E-state index is 12.0. The fourth-order valence-electron chi connectivity index (χ4n) is 2.23. The van der Waals surface area contributed by atoms with Crippen molar-refractivity contribution < 1.29 is 9.59 Å². The molecule has 0 atom stereocenters. The second kappa shape index (κ2) is 6.89. The molecule has 0 fully saturated rings. The number of hydrogen-bond acceptors (Lipinski definition) is 3. The summed E-state index contributed by atoms with van der Waals surface area (Å²) in [5.74, 6) is 0.195. The molecule has 6 nitrogen and oxygen atoms in total. The van der Waals surface area contributed by atoms with Crippen molar-refractivity contribution in [2.45, 2.75) is 20.3 Å². The average Bonchev–Trinajstić information content (AvgIpc) is 2.79. The Hall–Kier alpha value is -2.63. The molecule has 0 saturated carbocycles. The lowest BCUT2D eigenvalue weighted by atomic mass is 10.1. The molecule has 1 aromatic carbocycles. The second-order valence-electron chi connectivity index (χ2n) is 4.98. The second-order valence-corrected chi connectivity index (χ2v) is 4.98. The maximum atomic E-state index is 12.0. The Morgan fingerprint density at radius 3 is 2.50 bits per heavy atom. The molecule has 0 radical (unpaired) electrons. The predicted octanol–water partition coefficient (Wildman–Crippen LogP) is 1.86. The van der Waals surface area contributed by atoms with Crippen LogP contribution in [0.5, 0.6) is 0 Å². The summed E-state index contributed by atoms with van der Waals surface area (Å²) in [7, 11) is 1.78. The highest BCUT2D eigenvalue weighted by Crippen LogP contribution is 2.30. The van der Waals surface area contributed by atoms with Crippen LogP contribution in [0.4, 0.5) is 5.82 Å². The molecular weight excluding hydrogens is 280 g/mol. The molecule has 1 aromatic heterocycles. The first-order valence-corrected chi connectivity index (χ1v) is 7.18. The number of amides is 2. The summed E-state index contributed by atoms with van der Waals surface area (Å²) in [6.07, 6.45) is 0.355. The Balaban J connectivity index is 2.21. The molecule has 0 saturated heterocycles. The van der Waals surface area contributed by atoms with Crippen LogP contribution >= 0.6 is 0 Å². The third-order valence-electron chi connectivity index (χ3n) is 3.31. The fourth-order valence-corrected chi connectivity index (χ4v) is 2.23. The zero-order valence-corrected chi connectivity index (χ0v) is 13.0. The van der Waals surface area contributed by atoms with Gasteiger partial charge in [-0.2, -0.15) is 5.10 Å². The number of anilines is 1. The van der Waals surface area contributed by atoms with Crippen LogP contribution in [0.3, 0.4) is 0 Å². The Morgan fingerprint density at radius 2 is 1.86 bits per heavy atom. The zero-order valence-electron chi connectivity index (χ0n) is 13.0. The summed E-state index contributed by atoms with van der Waals surface area (Å²) in [5, 5.41) is 9.75. The molecule has 0 aliphatic heterocycles. The molecule has 2 rings (SSSR count). The SMILES string of the molecule is CCC(=O)NCC(=O)Nc1c(-c2ccccc2)c(C)nn1C. The lowest BCUT2D eigenvalue weighted by Gasteiger charge is -2.09. The van der Waals surface area contributed by atoms with E-state index >= 15 is 0 Å². The molecule has 2 aromatic rings. The van der Waals surface area contributed by atoms with Crippen molar-refractivity contribution in [2.24, 2.45) is 7.05 Å². The highest BCUT2D eigenvalue weighted by atomic mass is 16.2. The molecule has 0 bridgehead atoms. The van der Waals surface area contributed by atoms with Gasteiger partial charge in [0.15, 0.2) is 0 Å². The van der Waals surface area contributed by atoms with Gasteiger partial charge < -0.3 is 10.6 Å². The molecule has 2 amide bonds. The lowest BCUT2D eigenvalue weighted by Crippen LogP contribution is -2.32. The third kappa shape index (κ3) is 3.52. The van der Waals surface area contributed by atoms with Crippen molar-refractivity contribution in [2.75, 3.05) is 11.9 Å². The molecule has 0 unspecified atom stereocenters. The van der Waals surface area contributed by atoms with E-state index in [0.717, 1.165) is 16.8 Å². The van der Waals surface area contributed by atoms with Crippen molar-refractivity contribution in [1.82, 2.24) is 15.1 Å². The van der Waals surface area contributed by atoms with Crippen molar-refractivity contribution in [3.63, 3.8) is 0 Å². The van der Waals surface area contributed by atoms with Crippen LogP contribution in [-0.2, 0) is 16.6 Å². The van der Waals surface area contributed by atoms with Crippen molar-refractivity contribution in [1.29, 1.82) is 0 Å². The molecule has 1 heterocycles. The van der Waals surface area contributed by atoms with Gasteiger partial charge in [0.25, 0.3) is 0 Å². The van der Waals surface area contributed by atoms with E-state index in [2.05, 4.69) is 15.7 Å². The molecule has 2 N–H and O–H groups in total. The standard InChI is InChI=1S/C16H20N4O2/c1-4-13(21)17-10-14(22)18-16-15(11(2)19-20(16)3)12-8-6-5-7-9-12/h5-9H,4,10H2,1-3H3,(H,17,21)(H,18,22). The van der Waals surface area contributed by atoms with Gasteiger partial charge in [-0.3, -0.25) is 14.3 Å². The zero-order chi connectivity index (χ0) is 16.1. The van der Waals surface area contributed by atoms with Crippen LogP contribution in [0.1, 0.15) is 19.0 Å². The van der Waals surface area contributed by atoms with Crippen molar-refractivity contribution >= 4 is 17.6 Å². The third-order valence-corrected chi connectivity index (χ3v) is 3.31. The number of carbonyl (C=O) groups is 2. The van der Waals surface area contributed by atoms with Crippen LogP contribution in [0.2, 0.25) is 0 Å². The highest BCUT2D eigenvalue weighted by Gasteiger charge is 2.17. The Labute approximate surface area is 129 Å². The van der Waals surface area contributed by atoms with Crippen molar-refractivity contribution in [3.8, 4) is 11.1 Å². The van der Waals surface area contributed by atoms with Gasteiger partial charge >= 0.3 is 0 Å². The predicted molar refractivity (Wildman–Crippen MR) is 85.3 cm³/mol. The Kier molecular flexibility index (Phi) is 4.93. The summed E-state index contributed by atoms with van der Waals surface area (Å²) >= 11 is 0. The number of carbonyl (C=O) groups excluding carboxylic acids is 2. The number of hydrogen-bond donors (Lipinski definition) is 2. The summed E-state index contributed by atoms with van der Waals surface area (Å²) in [4.78, 5) is 23.2. The van der Waals surface area contributed by atoms with Crippen LogP contribution in [0.25, 0.3) is 11.1 Å². The average molecular weight is 300 g/mol. The van der Waals surface area contributed by atoms with Gasteiger partial charge in [0, 0.05) is 19.0 Å². The van der Waals surface area contributed by atoms with E-state index in [9.17, 15) is 9.59 Å². The summed E-state index contributed by atoms with van der Waals surface area (Å²) in [5.41, 5.74) is 2.71. The van der Waals surface area contributed by atoms with E-state index in [0.29, 0.717) is 12.2 Å². The number of rotatable bonds is 5. The fraction of sp³-hybridized carbons (Fsp3) is 0.312. The Bertz CT molecular complexity index is 677. The van der Waals surface area contributed by atoms with E-state index in [1.807, 2.05) is 37.3 Å². The molecule has 22 heavy (non-hydrogen) atoms. The monoisotopic (exact) mass is 300 g/mol. The van der Waals surface area contributed by atoms with E-state index in [1.165, 1.54) is 0 Å². The Morgan fingerprint density at radius 1 is 1.18 bits per heavy atom. The van der Waals surface area contributed by atoms with Crippen molar-refractivity contribution in [3.05, 3.63) is 36.0 Å². The maximum Gasteiger partial charge on any atom is 0.244 e. The van der Waals surface area contributed by atoms with Crippen LogP contribution in [0, 0.1) is 6.92 Å². The largest absolute Gasteiger partial charge is 0.347 e. The van der Waals surface area contributed by atoms with E-state index in [-0.39, 0.29) is 18.4 Å². The van der Waals surface area contributed by atoms with Gasteiger partial charge in [-0.05, 0) is 12.5 Å². The molecule has 0 spiro atoms. The first-order valence-electron chi connectivity index (χ1n) is 7.18. The molecular formula is C16H20N4O2. The van der Waals surface area contributed by atoms with Crippen LogP contribution in [0.15, 0.2) is 30.3 Å². The number of aromatic nitrogens is 2. The van der Waals surface area contributed by atoms with Crippen LogP contribution < -0.4 is 10.6 Å². The first kappa shape index (κ1) is 15.8. The number of nitrogens with one attached hydrogen (secondary N) is 2. The quantitative estimate of drug-likeness (QED) is 0.885. The van der Waals surface area contributed by atoms with Crippen LogP contribution in [-0.4, -0.2) is 28.1 Å². The summed E-state index contributed by atoms with van der Waals surface area (Å²) in [6.45, 7) is 3.59. The number of aryl methyl sites for hydroxylation is 2. The number of nitrogens with zero attached hydrogens (tertiary/aromatic N) is 2. The van der Waals surface area contributed by atoms with Gasteiger partial charge in [0.2, 0.25) is 11.8 Å². The van der Waals surface area contributed by atoms with Gasteiger partial charge in [0.05, 0.1) is 12.2 Å². The summed E-state index contributed by atoms with van der Waals surface area (Å²) in [6, 6.07) is 9.76. The normalized spacial score (nSPS) is 10.3. The minimum absolute atomic E-state index is 0.0505. The van der Waals surface area contributed by atoms with E-state index in [1.54, 1.807) is 18.7 Å². The van der Waals surface area contributed by atoms with E-state index < -0.39 is 0 Å². The van der Waals surface area contributed by atoms with Gasteiger partial charge in [-0.1, -0.05) is 37.3 Å². The topological polar surface area (TPSA) is 76.0 Å². The van der Waals surface area contributed by atoms with Gasteiger partial charge in [-0.15, -0.1) is 0 Å². The number of benzene rings is 1. The molecule has 0 aliphatic carbocycles. The molecule has 116 valence electrons. The lowest BCUT2D eigenvalue weighted by molar-refractivity contribution is -0.123. The van der Waals surface area contributed by atoms with E-state index in [4.69, 9.17) is 0 Å². The summed E-state index contributed by atoms with van der Waals surface area (Å²) < 4.78 is 1.64. The molecule has 6 heteroatoms. The molecule has 0 aliphatic rings. The highest BCUT2D eigenvalue weighted by molar-refractivity contribution is 5.97. The smallest absolute Gasteiger partial charge is 0.244 e. The van der Waals surface area contributed by atoms with Gasteiger partial charge in [0.1, 0.15) is 5.82 Å².